The smallest absolute Gasteiger partial charge is 0.246 e. The molecule has 0 radical (unpaired) electrons. The fourth-order valence-electron chi connectivity index (χ4n) is 1.90. The molecule has 2 N–H and O–H groups in total. The van der Waals surface area contributed by atoms with Crippen molar-refractivity contribution in [2.75, 3.05) is 5.32 Å². The number of carbonyl (C=O) groups excluding carboxylic acids is 1. The van der Waals surface area contributed by atoms with Crippen LogP contribution in [0.25, 0.3) is 5.57 Å². The first kappa shape index (κ1) is 18.2. The highest BCUT2D eigenvalue weighted by atomic mass is 35.5. The van der Waals surface area contributed by atoms with E-state index in [-0.39, 0.29) is 10.7 Å². The van der Waals surface area contributed by atoms with Crippen LogP contribution in [0.2, 0.25) is 5.02 Å². The molecule has 0 aliphatic heterocycles. The highest BCUT2D eigenvalue weighted by molar-refractivity contribution is 7.93. The van der Waals surface area contributed by atoms with E-state index in [1.807, 2.05) is 0 Å². The van der Waals surface area contributed by atoms with Crippen molar-refractivity contribution in [3.05, 3.63) is 47.6 Å². The molecule has 0 aliphatic rings. The minimum Gasteiger partial charge on any atom is -0.308 e. The molecule has 0 aliphatic carbocycles. The van der Waals surface area contributed by atoms with Gasteiger partial charge in [-0.15, -0.1) is 0 Å². The van der Waals surface area contributed by atoms with Gasteiger partial charge < -0.3 is 5.32 Å². The number of amides is 1. The Morgan fingerprint density at radius 2 is 1.88 bits per heavy atom. The molecule has 24 heavy (non-hydrogen) atoms. The number of sulfone groups is 1. The lowest BCUT2D eigenvalue weighted by Crippen LogP contribution is -2.44. The quantitative estimate of drug-likeness (QED) is 0.848. The molecule has 0 atom stereocenters. The van der Waals surface area contributed by atoms with Crippen molar-refractivity contribution in [2.24, 2.45) is 0 Å². The number of nitrogens with zero attached hydrogens (tertiary/aromatic N) is 1. The topological polar surface area (TPSA) is 91.9 Å². The van der Waals surface area contributed by atoms with Gasteiger partial charge in [0.05, 0.1) is 10.6 Å². The number of hydrogen-bond acceptors (Lipinski definition) is 4. The standard InChI is InChI=1S/C16H18ClN3O3S/c1-10(2)13-9-14(20-19-13)18-15(21)16(3,4)24(22,23)12-7-5-11(17)6-8-12/h5-9H,1H2,2-4H3,(H2,18,19,20,21). The Kier molecular flexibility index (Phi) is 4.87. The van der Waals surface area contributed by atoms with Crippen LogP contribution in [0.5, 0.6) is 0 Å². The van der Waals surface area contributed by atoms with E-state index in [4.69, 9.17) is 11.6 Å². The molecule has 2 aromatic rings. The van der Waals surface area contributed by atoms with E-state index in [0.29, 0.717) is 10.7 Å². The zero-order valence-electron chi connectivity index (χ0n) is 13.6. The van der Waals surface area contributed by atoms with Crippen molar-refractivity contribution in [3.8, 4) is 0 Å². The maximum Gasteiger partial charge on any atom is 0.246 e. The molecule has 0 unspecified atom stereocenters. The van der Waals surface area contributed by atoms with Crippen molar-refractivity contribution in [1.29, 1.82) is 0 Å². The van der Waals surface area contributed by atoms with E-state index in [1.54, 1.807) is 13.0 Å². The van der Waals surface area contributed by atoms with Gasteiger partial charge in [0.2, 0.25) is 5.91 Å². The molecule has 0 fully saturated rings. The summed E-state index contributed by atoms with van der Waals surface area (Å²) < 4.78 is 23.8. The van der Waals surface area contributed by atoms with Crippen molar-refractivity contribution in [3.63, 3.8) is 0 Å². The van der Waals surface area contributed by atoms with Gasteiger partial charge in [-0.05, 0) is 50.6 Å². The van der Waals surface area contributed by atoms with Crippen LogP contribution >= 0.6 is 11.6 Å². The van der Waals surface area contributed by atoms with Gasteiger partial charge in [0, 0.05) is 11.1 Å². The highest BCUT2D eigenvalue weighted by Crippen LogP contribution is 2.28. The van der Waals surface area contributed by atoms with E-state index in [1.165, 1.54) is 38.1 Å². The third kappa shape index (κ3) is 3.37. The van der Waals surface area contributed by atoms with E-state index >= 15 is 0 Å². The van der Waals surface area contributed by atoms with Crippen molar-refractivity contribution < 1.29 is 13.2 Å². The molecule has 1 amide bonds. The average molecular weight is 368 g/mol. The van der Waals surface area contributed by atoms with Gasteiger partial charge in [-0.1, -0.05) is 18.2 Å². The van der Waals surface area contributed by atoms with Crippen LogP contribution in [0.1, 0.15) is 26.5 Å². The van der Waals surface area contributed by atoms with Crippen LogP contribution in [-0.4, -0.2) is 29.3 Å². The second-order valence-electron chi connectivity index (χ2n) is 5.87. The number of benzene rings is 1. The van der Waals surface area contributed by atoms with Crippen LogP contribution in [0.3, 0.4) is 0 Å². The van der Waals surface area contributed by atoms with Crippen LogP contribution in [0, 0.1) is 0 Å². The second kappa shape index (κ2) is 6.41. The van der Waals surface area contributed by atoms with E-state index in [9.17, 15) is 13.2 Å². The lowest BCUT2D eigenvalue weighted by Gasteiger charge is -2.23. The molecular weight excluding hydrogens is 350 g/mol. The number of allylic oxidation sites excluding steroid dienone is 1. The molecule has 0 spiro atoms. The van der Waals surface area contributed by atoms with Crippen LogP contribution < -0.4 is 5.32 Å². The third-order valence-electron chi connectivity index (χ3n) is 3.62. The summed E-state index contributed by atoms with van der Waals surface area (Å²) in [5.41, 5.74) is 1.40. The summed E-state index contributed by atoms with van der Waals surface area (Å²) in [5, 5.41) is 9.57. The Balaban J connectivity index is 2.28. The number of aromatic amines is 1. The van der Waals surface area contributed by atoms with Gasteiger partial charge >= 0.3 is 0 Å². The van der Waals surface area contributed by atoms with E-state index in [2.05, 4.69) is 22.1 Å². The first-order valence-corrected chi connectivity index (χ1v) is 8.95. The Morgan fingerprint density at radius 1 is 1.29 bits per heavy atom. The Hall–Kier alpha value is -2.12. The van der Waals surface area contributed by atoms with Gasteiger partial charge in [-0.2, -0.15) is 5.10 Å². The molecule has 8 heteroatoms. The molecule has 2 rings (SSSR count). The Bertz CT molecular complexity index is 884. The highest BCUT2D eigenvalue weighted by Gasteiger charge is 2.43. The van der Waals surface area contributed by atoms with E-state index < -0.39 is 20.5 Å². The largest absolute Gasteiger partial charge is 0.308 e. The fraction of sp³-hybridized carbons (Fsp3) is 0.250. The van der Waals surface area contributed by atoms with Crippen LogP contribution in [0.4, 0.5) is 5.82 Å². The maximum atomic E-state index is 12.8. The summed E-state index contributed by atoms with van der Waals surface area (Å²) in [5.74, 6) is -0.449. The normalized spacial score (nSPS) is 12.0. The fourth-order valence-corrected chi connectivity index (χ4v) is 3.41. The molecule has 0 saturated carbocycles. The molecule has 6 nitrogen and oxygen atoms in total. The van der Waals surface area contributed by atoms with Crippen molar-refractivity contribution in [1.82, 2.24) is 10.2 Å². The number of halogens is 1. The van der Waals surface area contributed by atoms with Crippen molar-refractivity contribution in [2.45, 2.75) is 30.4 Å². The molecular formula is C16H18ClN3O3S. The number of nitrogens with one attached hydrogen (secondary N) is 2. The molecule has 0 bridgehead atoms. The Morgan fingerprint density at radius 3 is 2.38 bits per heavy atom. The molecule has 0 saturated heterocycles. The van der Waals surface area contributed by atoms with Gasteiger partial charge in [-0.3, -0.25) is 9.89 Å². The SMILES string of the molecule is C=C(C)c1cc(NC(=O)C(C)(C)S(=O)(=O)c2ccc(Cl)cc2)n[nH]1. The van der Waals surface area contributed by atoms with Gasteiger partial charge in [-0.25, -0.2) is 8.42 Å². The summed E-state index contributed by atoms with van der Waals surface area (Å²) in [6.45, 7) is 8.24. The third-order valence-corrected chi connectivity index (χ3v) is 6.30. The van der Waals surface area contributed by atoms with Crippen molar-refractivity contribution >= 4 is 38.7 Å². The summed E-state index contributed by atoms with van der Waals surface area (Å²) in [4.78, 5) is 12.5. The first-order valence-electron chi connectivity index (χ1n) is 7.08. The summed E-state index contributed by atoms with van der Waals surface area (Å²) >= 11 is 5.78. The minimum absolute atomic E-state index is 0.0247. The summed E-state index contributed by atoms with van der Waals surface area (Å²) in [7, 11) is -3.91. The summed E-state index contributed by atoms with van der Waals surface area (Å²) in [6.07, 6.45) is 0. The van der Waals surface area contributed by atoms with Crippen LogP contribution in [-0.2, 0) is 14.6 Å². The van der Waals surface area contributed by atoms with E-state index in [0.717, 1.165) is 5.57 Å². The predicted molar refractivity (Wildman–Crippen MR) is 94.6 cm³/mol. The second-order valence-corrected chi connectivity index (χ2v) is 8.80. The summed E-state index contributed by atoms with van der Waals surface area (Å²) in [6, 6.07) is 7.27. The lowest BCUT2D eigenvalue weighted by atomic mass is 10.2. The first-order chi connectivity index (χ1) is 11.1. The predicted octanol–water partition coefficient (Wildman–Crippen LogP) is 3.29. The zero-order chi connectivity index (χ0) is 18.1. The Labute approximate surface area is 145 Å². The number of rotatable bonds is 5. The molecule has 1 aromatic heterocycles. The maximum absolute atomic E-state index is 12.8. The minimum atomic E-state index is -3.91. The van der Waals surface area contributed by atoms with Gasteiger partial charge in [0.25, 0.3) is 0 Å². The monoisotopic (exact) mass is 367 g/mol. The number of H-pyrrole nitrogens is 1. The molecule has 1 aromatic carbocycles. The number of anilines is 1. The van der Waals surface area contributed by atoms with Gasteiger partial charge in [0.1, 0.15) is 4.75 Å². The van der Waals surface area contributed by atoms with Gasteiger partial charge in [0.15, 0.2) is 15.7 Å². The molecule has 1 heterocycles. The number of carbonyl (C=O) groups is 1. The average Bonchev–Trinajstić information content (AvgIpc) is 2.96. The number of aromatic nitrogens is 2. The number of hydrogen-bond donors (Lipinski definition) is 2. The lowest BCUT2D eigenvalue weighted by molar-refractivity contribution is -0.117. The molecule has 128 valence electrons. The van der Waals surface area contributed by atoms with Crippen LogP contribution in [0.15, 0.2) is 41.8 Å². The zero-order valence-corrected chi connectivity index (χ0v) is 15.1.